The summed E-state index contributed by atoms with van der Waals surface area (Å²) >= 11 is 8.38. The van der Waals surface area contributed by atoms with Gasteiger partial charge in [0.2, 0.25) is 0 Å². The van der Waals surface area contributed by atoms with E-state index in [-0.39, 0.29) is 0 Å². The number of pyridine rings is 1. The monoisotopic (exact) mass is 412 g/mol. The highest BCUT2D eigenvalue weighted by Crippen LogP contribution is 2.29. The Morgan fingerprint density at radius 3 is 2.80 bits per heavy atom. The highest BCUT2D eigenvalue weighted by molar-refractivity contribution is 9.11. The van der Waals surface area contributed by atoms with Crippen LogP contribution < -0.4 is 0 Å². The van der Waals surface area contributed by atoms with Crippen molar-refractivity contribution in [2.24, 2.45) is 0 Å². The van der Waals surface area contributed by atoms with Gasteiger partial charge in [-0.2, -0.15) is 0 Å². The van der Waals surface area contributed by atoms with Gasteiger partial charge in [0.25, 0.3) is 0 Å². The summed E-state index contributed by atoms with van der Waals surface area (Å²) in [6.07, 6.45) is 1.48. The van der Waals surface area contributed by atoms with Gasteiger partial charge in [-0.05, 0) is 50.1 Å². The largest absolute Gasteiger partial charge is 0.386 e. The van der Waals surface area contributed by atoms with Gasteiger partial charge in [-0.15, -0.1) is 11.3 Å². The number of hydrogen-bond acceptors (Lipinski definition) is 4. The van der Waals surface area contributed by atoms with Gasteiger partial charge in [-0.1, -0.05) is 12.1 Å². The van der Waals surface area contributed by atoms with Crippen LogP contribution in [0.1, 0.15) is 16.8 Å². The Bertz CT molecular complexity index is 727. The second-order valence-electron chi connectivity index (χ2n) is 4.32. The second-order valence-corrected chi connectivity index (χ2v) is 7.20. The quantitative estimate of drug-likeness (QED) is 0.687. The van der Waals surface area contributed by atoms with Crippen molar-refractivity contribution in [3.8, 4) is 0 Å². The molecule has 1 aromatic carbocycles. The van der Waals surface area contributed by atoms with Crippen LogP contribution in [0.4, 0.5) is 0 Å². The van der Waals surface area contributed by atoms with Gasteiger partial charge in [0, 0.05) is 21.6 Å². The minimum Gasteiger partial charge on any atom is -0.386 e. The fourth-order valence-corrected chi connectivity index (χ4v) is 4.20. The van der Waals surface area contributed by atoms with Crippen LogP contribution in [0.25, 0.3) is 10.2 Å². The van der Waals surface area contributed by atoms with Crippen molar-refractivity contribution in [2.45, 2.75) is 12.5 Å². The average Bonchev–Trinajstić information content (AvgIpc) is 2.80. The van der Waals surface area contributed by atoms with E-state index in [1.807, 2.05) is 30.3 Å². The molecule has 3 aromatic rings. The van der Waals surface area contributed by atoms with Crippen LogP contribution in [0.5, 0.6) is 0 Å². The lowest BCUT2D eigenvalue weighted by molar-refractivity contribution is 0.172. The molecule has 3 nitrogen and oxygen atoms in total. The van der Waals surface area contributed by atoms with Crippen LogP contribution >= 0.6 is 43.2 Å². The Kier molecular flexibility index (Phi) is 4.16. The first-order valence-electron chi connectivity index (χ1n) is 5.97. The number of para-hydroxylation sites is 1. The van der Waals surface area contributed by atoms with Gasteiger partial charge in [0.1, 0.15) is 6.10 Å². The normalized spacial score (nSPS) is 12.8. The SMILES string of the molecule is OC(Cc1nc2ccccc2s1)c1ncc(Br)cc1Br. The number of halogens is 2. The third-order valence-corrected chi connectivity index (χ3v) is 4.99. The van der Waals surface area contributed by atoms with Crippen molar-refractivity contribution in [3.63, 3.8) is 0 Å². The van der Waals surface area contributed by atoms with Crippen LogP contribution in [0.15, 0.2) is 45.5 Å². The van der Waals surface area contributed by atoms with E-state index in [2.05, 4.69) is 41.8 Å². The average molecular weight is 414 g/mol. The summed E-state index contributed by atoms with van der Waals surface area (Å²) in [5.74, 6) is 0. The first-order valence-corrected chi connectivity index (χ1v) is 8.37. The minimum atomic E-state index is -0.668. The molecule has 2 heterocycles. The van der Waals surface area contributed by atoms with Gasteiger partial charge in [-0.25, -0.2) is 4.98 Å². The summed E-state index contributed by atoms with van der Waals surface area (Å²) in [4.78, 5) is 8.79. The van der Waals surface area contributed by atoms with Crippen molar-refractivity contribution in [1.29, 1.82) is 0 Å². The molecule has 0 amide bonds. The molecule has 6 heteroatoms. The van der Waals surface area contributed by atoms with E-state index < -0.39 is 6.10 Å². The first kappa shape index (κ1) is 14.1. The van der Waals surface area contributed by atoms with Gasteiger partial charge >= 0.3 is 0 Å². The predicted octanol–water partition coefficient (Wildman–Crippen LogP) is 4.49. The molecule has 0 saturated carbocycles. The maximum atomic E-state index is 10.3. The van der Waals surface area contributed by atoms with Crippen LogP contribution in [-0.2, 0) is 6.42 Å². The number of rotatable bonds is 3. The van der Waals surface area contributed by atoms with E-state index >= 15 is 0 Å². The highest BCUT2D eigenvalue weighted by atomic mass is 79.9. The van der Waals surface area contributed by atoms with E-state index in [0.717, 1.165) is 24.2 Å². The molecule has 0 radical (unpaired) electrons. The summed E-state index contributed by atoms with van der Waals surface area (Å²) in [6, 6.07) is 9.86. The Labute approximate surface area is 137 Å². The van der Waals surface area contributed by atoms with Crippen molar-refractivity contribution >= 4 is 53.4 Å². The fourth-order valence-electron chi connectivity index (χ4n) is 1.94. The van der Waals surface area contributed by atoms with Crippen LogP contribution in [0.2, 0.25) is 0 Å². The maximum absolute atomic E-state index is 10.3. The third kappa shape index (κ3) is 2.93. The number of hydrogen-bond donors (Lipinski definition) is 1. The molecule has 2 aromatic heterocycles. The molecule has 0 aliphatic heterocycles. The molecule has 0 spiro atoms. The van der Waals surface area contributed by atoms with Crippen molar-refractivity contribution < 1.29 is 5.11 Å². The first-order chi connectivity index (χ1) is 9.63. The summed E-state index contributed by atoms with van der Waals surface area (Å²) in [6.45, 7) is 0. The van der Waals surface area contributed by atoms with E-state index in [9.17, 15) is 5.11 Å². The lowest BCUT2D eigenvalue weighted by Gasteiger charge is -2.10. The number of aromatic nitrogens is 2. The standard InChI is InChI=1S/C14H10Br2N2OS/c15-8-5-9(16)14(17-7-8)11(19)6-13-18-10-3-1-2-4-12(10)20-13/h1-5,7,11,19H,6H2. The molecule has 3 rings (SSSR count). The summed E-state index contributed by atoms with van der Waals surface area (Å²) < 4.78 is 2.80. The van der Waals surface area contributed by atoms with E-state index in [1.165, 1.54) is 0 Å². The Morgan fingerprint density at radius 1 is 1.25 bits per heavy atom. The van der Waals surface area contributed by atoms with Gasteiger partial charge < -0.3 is 5.11 Å². The Hall–Kier alpha value is -0.820. The number of thiazole rings is 1. The summed E-state index contributed by atoms with van der Waals surface area (Å²) in [7, 11) is 0. The number of aliphatic hydroxyl groups excluding tert-OH is 1. The number of fused-ring (bicyclic) bond motifs is 1. The molecule has 0 aliphatic rings. The maximum Gasteiger partial charge on any atom is 0.103 e. The van der Waals surface area contributed by atoms with Gasteiger partial charge in [-0.3, -0.25) is 4.98 Å². The van der Waals surface area contributed by atoms with Crippen LogP contribution in [0, 0.1) is 0 Å². The van der Waals surface area contributed by atoms with Crippen molar-refractivity contribution in [2.75, 3.05) is 0 Å². The molecule has 1 unspecified atom stereocenters. The van der Waals surface area contributed by atoms with Gasteiger partial charge in [0.15, 0.2) is 0 Å². The molecule has 0 bridgehead atoms. The lowest BCUT2D eigenvalue weighted by Crippen LogP contribution is -2.05. The van der Waals surface area contributed by atoms with E-state index in [0.29, 0.717) is 12.1 Å². The predicted molar refractivity (Wildman–Crippen MR) is 87.9 cm³/mol. The summed E-state index contributed by atoms with van der Waals surface area (Å²) in [5, 5.41) is 11.2. The Balaban J connectivity index is 1.86. The molecule has 102 valence electrons. The molecule has 1 atom stereocenters. The molecule has 20 heavy (non-hydrogen) atoms. The molecular weight excluding hydrogens is 404 g/mol. The van der Waals surface area contributed by atoms with E-state index in [4.69, 9.17) is 0 Å². The third-order valence-electron chi connectivity index (χ3n) is 2.86. The number of nitrogens with zero attached hydrogens (tertiary/aromatic N) is 2. The summed E-state index contributed by atoms with van der Waals surface area (Å²) in [5.41, 5.74) is 1.61. The van der Waals surface area contributed by atoms with Crippen LogP contribution in [-0.4, -0.2) is 15.1 Å². The van der Waals surface area contributed by atoms with Crippen molar-refractivity contribution in [3.05, 3.63) is 56.2 Å². The molecule has 0 saturated heterocycles. The van der Waals surface area contributed by atoms with E-state index in [1.54, 1.807) is 17.5 Å². The fraction of sp³-hybridized carbons (Fsp3) is 0.143. The topological polar surface area (TPSA) is 46.0 Å². The van der Waals surface area contributed by atoms with Crippen LogP contribution in [0.3, 0.4) is 0 Å². The molecule has 0 aliphatic carbocycles. The highest BCUT2D eigenvalue weighted by Gasteiger charge is 2.16. The zero-order chi connectivity index (χ0) is 14.1. The molecule has 0 fully saturated rings. The smallest absolute Gasteiger partial charge is 0.103 e. The number of aliphatic hydroxyl groups is 1. The number of benzene rings is 1. The zero-order valence-electron chi connectivity index (χ0n) is 10.3. The molecule has 1 N–H and O–H groups in total. The second kappa shape index (κ2) is 5.89. The van der Waals surface area contributed by atoms with Gasteiger partial charge in [0.05, 0.1) is 20.9 Å². The van der Waals surface area contributed by atoms with Crippen molar-refractivity contribution in [1.82, 2.24) is 9.97 Å². The Morgan fingerprint density at radius 2 is 2.05 bits per heavy atom. The lowest BCUT2D eigenvalue weighted by atomic mass is 10.2. The zero-order valence-corrected chi connectivity index (χ0v) is 14.2. The minimum absolute atomic E-state index is 0.465. The molecular formula is C14H10Br2N2OS.